The highest BCUT2D eigenvalue weighted by Gasteiger charge is 2.15. The maximum Gasteiger partial charge on any atom is 0.326 e. The number of amides is 1. The van der Waals surface area contributed by atoms with E-state index in [1.807, 2.05) is 0 Å². The van der Waals surface area contributed by atoms with E-state index in [0.29, 0.717) is 12.2 Å². The van der Waals surface area contributed by atoms with Gasteiger partial charge in [0.2, 0.25) is 6.41 Å². The van der Waals surface area contributed by atoms with Gasteiger partial charge in [0, 0.05) is 11.3 Å². The monoisotopic (exact) mass is 289 g/mol. The van der Waals surface area contributed by atoms with Crippen LogP contribution in [0.2, 0.25) is 0 Å². The van der Waals surface area contributed by atoms with Crippen molar-refractivity contribution in [2.24, 2.45) is 0 Å². The standard InChI is InChI=1S/C12H13F2NO3S/c13-9-3-1-2-8(11(9)14)6-19-5-4-10(12(17)18)15-7-16/h1-3,7,10H,4-6H2,(H,15,16)(H,17,18). The van der Waals surface area contributed by atoms with Gasteiger partial charge in [0.15, 0.2) is 11.6 Å². The van der Waals surface area contributed by atoms with Gasteiger partial charge in [-0.25, -0.2) is 13.6 Å². The third-order valence-electron chi connectivity index (χ3n) is 2.41. The molecule has 0 saturated carbocycles. The van der Waals surface area contributed by atoms with Crippen molar-refractivity contribution in [2.75, 3.05) is 5.75 Å². The van der Waals surface area contributed by atoms with Crippen molar-refractivity contribution in [1.29, 1.82) is 0 Å². The maximum atomic E-state index is 13.3. The first-order chi connectivity index (χ1) is 9.06. The highest BCUT2D eigenvalue weighted by Crippen LogP contribution is 2.18. The summed E-state index contributed by atoms with van der Waals surface area (Å²) in [5.41, 5.74) is 0.236. The van der Waals surface area contributed by atoms with Gasteiger partial charge in [-0.2, -0.15) is 11.8 Å². The van der Waals surface area contributed by atoms with E-state index in [1.165, 1.54) is 23.9 Å². The number of carbonyl (C=O) groups is 2. The summed E-state index contributed by atoms with van der Waals surface area (Å²) in [6.45, 7) is 0. The Balaban J connectivity index is 2.40. The summed E-state index contributed by atoms with van der Waals surface area (Å²) in [6.07, 6.45) is 0.547. The van der Waals surface area contributed by atoms with Crippen molar-refractivity contribution in [3.05, 3.63) is 35.4 Å². The Morgan fingerprint density at radius 2 is 2.21 bits per heavy atom. The maximum absolute atomic E-state index is 13.3. The lowest BCUT2D eigenvalue weighted by molar-refractivity contribution is -0.140. The Labute approximate surface area is 113 Å². The molecule has 0 aliphatic rings. The van der Waals surface area contributed by atoms with Crippen LogP contribution in [0.4, 0.5) is 8.78 Å². The molecule has 0 aliphatic heterocycles. The van der Waals surface area contributed by atoms with Crippen molar-refractivity contribution < 1.29 is 23.5 Å². The number of nitrogens with one attached hydrogen (secondary N) is 1. The fraction of sp³-hybridized carbons (Fsp3) is 0.333. The third-order valence-corrected chi connectivity index (χ3v) is 3.45. The number of hydrogen-bond donors (Lipinski definition) is 2. The molecule has 0 aliphatic carbocycles. The zero-order valence-corrected chi connectivity index (χ0v) is 10.8. The first-order valence-corrected chi connectivity index (χ1v) is 6.65. The largest absolute Gasteiger partial charge is 0.480 e. The molecule has 1 rings (SSSR count). The van der Waals surface area contributed by atoms with Crippen LogP contribution in [-0.2, 0) is 15.3 Å². The molecule has 104 valence electrons. The van der Waals surface area contributed by atoms with Gasteiger partial charge in [0.25, 0.3) is 0 Å². The molecule has 0 spiro atoms. The molecular formula is C12H13F2NO3S. The molecule has 7 heteroatoms. The second-order valence-corrected chi connectivity index (χ2v) is 4.83. The minimum Gasteiger partial charge on any atom is -0.480 e. The Morgan fingerprint density at radius 3 is 2.84 bits per heavy atom. The van der Waals surface area contributed by atoms with E-state index in [1.54, 1.807) is 0 Å². The lowest BCUT2D eigenvalue weighted by Crippen LogP contribution is -2.36. The first kappa shape index (κ1) is 15.4. The Morgan fingerprint density at radius 1 is 1.47 bits per heavy atom. The smallest absolute Gasteiger partial charge is 0.326 e. The average Bonchev–Trinajstić information content (AvgIpc) is 2.37. The molecule has 1 unspecified atom stereocenters. The van der Waals surface area contributed by atoms with Crippen LogP contribution in [0.3, 0.4) is 0 Å². The third kappa shape index (κ3) is 4.86. The number of thioether (sulfide) groups is 1. The van der Waals surface area contributed by atoms with Gasteiger partial charge in [-0.3, -0.25) is 4.79 Å². The Hall–Kier alpha value is -1.63. The van der Waals surface area contributed by atoms with E-state index in [0.717, 1.165) is 6.07 Å². The molecule has 1 amide bonds. The summed E-state index contributed by atoms with van der Waals surface area (Å²) in [5.74, 6) is -2.24. The van der Waals surface area contributed by atoms with Crippen molar-refractivity contribution >= 4 is 24.1 Å². The van der Waals surface area contributed by atoms with E-state index in [-0.39, 0.29) is 17.7 Å². The van der Waals surface area contributed by atoms with Crippen molar-refractivity contribution in [1.82, 2.24) is 5.32 Å². The van der Waals surface area contributed by atoms with Gasteiger partial charge >= 0.3 is 5.97 Å². The van der Waals surface area contributed by atoms with Crippen LogP contribution >= 0.6 is 11.8 Å². The summed E-state index contributed by atoms with van der Waals surface area (Å²) in [7, 11) is 0. The van der Waals surface area contributed by atoms with Crippen molar-refractivity contribution in [3.8, 4) is 0 Å². The van der Waals surface area contributed by atoms with Gasteiger partial charge < -0.3 is 10.4 Å². The summed E-state index contributed by atoms with van der Waals surface area (Å²) in [6, 6.07) is 2.98. The van der Waals surface area contributed by atoms with Gasteiger partial charge in [-0.05, 0) is 18.2 Å². The van der Waals surface area contributed by atoms with E-state index in [9.17, 15) is 18.4 Å². The number of halogens is 2. The molecule has 0 fully saturated rings. The average molecular weight is 289 g/mol. The predicted octanol–water partition coefficient (Wildman–Crippen LogP) is 1.79. The molecular weight excluding hydrogens is 276 g/mol. The molecule has 0 aromatic heterocycles. The second kappa shape index (κ2) is 7.73. The van der Waals surface area contributed by atoms with Crippen LogP contribution in [0.5, 0.6) is 0 Å². The predicted molar refractivity (Wildman–Crippen MR) is 67.8 cm³/mol. The Bertz CT molecular complexity index is 457. The lowest BCUT2D eigenvalue weighted by Gasteiger charge is -2.10. The van der Waals surface area contributed by atoms with E-state index in [4.69, 9.17) is 5.11 Å². The molecule has 1 atom stereocenters. The fourth-order valence-corrected chi connectivity index (χ4v) is 2.39. The molecule has 1 aromatic rings. The van der Waals surface area contributed by atoms with Crippen LogP contribution < -0.4 is 5.32 Å². The van der Waals surface area contributed by atoms with Crippen LogP contribution in [-0.4, -0.2) is 29.3 Å². The minimum absolute atomic E-state index is 0.218. The number of benzene rings is 1. The van der Waals surface area contributed by atoms with E-state index in [2.05, 4.69) is 5.32 Å². The van der Waals surface area contributed by atoms with E-state index < -0.39 is 23.6 Å². The molecule has 2 N–H and O–H groups in total. The van der Waals surface area contributed by atoms with Gasteiger partial charge in [0.05, 0.1) is 0 Å². The molecule has 0 radical (unpaired) electrons. The SMILES string of the molecule is O=CNC(CCSCc1cccc(F)c1F)C(=O)O. The number of rotatable bonds is 8. The minimum atomic E-state index is -1.12. The van der Waals surface area contributed by atoms with Gasteiger partial charge in [0.1, 0.15) is 6.04 Å². The molecule has 0 bridgehead atoms. The topological polar surface area (TPSA) is 66.4 Å². The van der Waals surface area contributed by atoms with E-state index >= 15 is 0 Å². The highest BCUT2D eigenvalue weighted by molar-refractivity contribution is 7.98. The number of carbonyl (C=O) groups excluding carboxylic acids is 1. The number of carboxylic acid groups (broad SMARTS) is 1. The highest BCUT2D eigenvalue weighted by atomic mass is 32.2. The number of carboxylic acids is 1. The zero-order chi connectivity index (χ0) is 14.3. The van der Waals surface area contributed by atoms with Crippen LogP contribution in [0.15, 0.2) is 18.2 Å². The summed E-state index contributed by atoms with van der Waals surface area (Å²) in [4.78, 5) is 20.9. The number of hydrogen-bond acceptors (Lipinski definition) is 3. The molecule has 1 aromatic carbocycles. The summed E-state index contributed by atoms with van der Waals surface area (Å²) in [5, 5.41) is 10.9. The van der Waals surface area contributed by atoms with Gasteiger partial charge in [-0.1, -0.05) is 12.1 Å². The lowest BCUT2D eigenvalue weighted by atomic mass is 10.2. The normalized spacial score (nSPS) is 11.9. The van der Waals surface area contributed by atoms with Crippen LogP contribution in [0.1, 0.15) is 12.0 Å². The molecule has 19 heavy (non-hydrogen) atoms. The fourth-order valence-electron chi connectivity index (χ4n) is 1.40. The number of aliphatic carboxylic acids is 1. The quantitative estimate of drug-likeness (QED) is 0.565. The van der Waals surface area contributed by atoms with Gasteiger partial charge in [-0.15, -0.1) is 0 Å². The van der Waals surface area contributed by atoms with Crippen molar-refractivity contribution in [2.45, 2.75) is 18.2 Å². The molecule has 0 saturated heterocycles. The van der Waals surface area contributed by atoms with Crippen molar-refractivity contribution in [3.63, 3.8) is 0 Å². The summed E-state index contributed by atoms with van der Waals surface area (Å²) < 4.78 is 26.2. The first-order valence-electron chi connectivity index (χ1n) is 5.49. The summed E-state index contributed by atoms with van der Waals surface area (Å²) >= 11 is 1.27. The second-order valence-electron chi connectivity index (χ2n) is 3.73. The zero-order valence-electron chi connectivity index (χ0n) is 9.94. The van der Waals surface area contributed by atoms with Crippen LogP contribution in [0, 0.1) is 11.6 Å². The molecule has 4 nitrogen and oxygen atoms in total. The van der Waals surface area contributed by atoms with Crippen LogP contribution in [0.25, 0.3) is 0 Å². The molecule has 0 heterocycles. The Kier molecular flexibility index (Phi) is 6.27.